The van der Waals surface area contributed by atoms with Gasteiger partial charge in [0.25, 0.3) is 0 Å². The monoisotopic (exact) mass is 194 g/mol. The minimum absolute atomic E-state index is 0.176. The number of aromatic amines is 1. The standard InChI is InChI=1S/C8H6N2O4/c11-3-1-2-4-5(10(3)8(2)14)7(13)9-6(4)12/h1,9,11-14H. The topological polar surface area (TPSA) is 101 Å². The molecule has 0 aliphatic carbocycles. The van der Waals surface area contributed by atoms with Gasteiger partial charge in [-0.25, -0.2) is 4.40 Å². The second-order valence-electron chi connectivity index (χ2n) is 3.12. The molecule has 0 fully saturated rings. The first-order valence-corrected chi connectivity index (χ1v) is 3.89. The normalized spacial score (nSPS) is 12.0. The smallest absolute Gasteiger partial charge is 0.217 e. The predicted octanol–water partition coefficient (Wildman–Crippen LogP) is 0.681. The van der Waals surface area contributed by atoms with Gasteiger partial charge in [-0.1, -0.05) is 0 Å². The molecule has 3 aromatic heterocycles. The summed E-state index contributed by atoms with van der Waals surface area (Å²) in [7, 11) is 0. The van der Waals surface area contributed by atoms with Crippen LogP contribution in [-0.4, -0.2) is 29.8 Å². The SMILES string of the molecule is Oc1[nH]c(O)c2c1c1cc(O)n2c1O. The van der Waals surface area contributed by atoms with Crippen LogP contribution in [0.3, 0.4) is 0 Å². The number of rotatable bonds is 0. The minimum Gasteiger partial charge on any atom is -0.494 e. The molecule has 0 saturated heterocycles. The van der Waals surface area contributed by atoms with E-state index >= 15 is 0 Å². The van der Waals surface area contributed by atoms with Crippen molar-refractivity contribution >= 4 is 16.3 Å². The minimum atomic E-state index is -0.293. The largest absolute Gasteiger partial charge is 0.494 e. The summed E-state index contributed by atoms with van der Waals surface area (Å²) in [5.74, 6) is -0.893. The van der Waals surface area contributed by atoms with Gasteiger partial charge in [0.15, 0.2) is 5.88 Å². The Bertz CT molecular complexity index is 636. The molecule has 14 heavy (non-hydrogen) atoms. The van der Waals surface area contributed by atoms with E-state index < -0.39 is 0 Å². The van der Waals surface area contributed by atoms with Crippen LogP contribution in [0.2, 0.25) is 0 Å². The molecule has 0 radical (unpaired) electrons. The van der Waals surface area contributed by atoms with Crippen LogP contribution in [0.15, 0.2) is 6.07 Å². The molecular weight excluding hydrogens is 188 g/mol. The Morgan fingerprint density at radius 3 is 2.50 bits per heavy atom. The third-order valence-electron chi connectivity index (χ3n) is 2.38. The van der Waals surface area contributed by atoms with Crippen molar-refractivity contribution in [1.82, 2.24) is 9.38 Å². The molecule has 0 aliphatic heterocycles. The Morgan fingerprint density at radius 1 is 1.07 bits per heavy atom. The first-order chi connectivity index (χ1) is 6.61. The number of aromatic hydroxyl groups is 4. The fourth-order valence-corrected chi connectivity index (χ4v) is 1.83. The molecule has 2 bridgehead atoms. The Morgan fingerprint density at radius 2 is 1.79 bits per heavy atom. The van der Waals surface area contributed by atoms with Crippen LogP contribution in [0.25, 0.3) is 16.3 Å². The lowest BCUT2D eigenvalue weighted by molar-refractivity contribution is 0.408. The molecule has 0 aliphatic rings. The van der Waals surface area contributed by atoms with Crippen molar-refractivity contribution in [2.75, 3.05) is 0 Å². The quantitative estimate of drug-likeness (QED) is 0.363. The lowest BCUT2D eigenvalue weighted by Crippen LogP contribution is -1.78. The van der Waals surface area contributed by atoms with Gasteiger partial charge in [-0.3, -0.25) is 4.98 Å². The lowest BCUT2D eigenvalue weighted by atomic mass is 10.3. The summed E-state index contributed by atoms with van der Waals surface area (Å²) in [6.45, 7) is 0. The van der Waals surface area contributed by atoms with E-state index in [1.165, 1.54) is 6.07 Å². The van der Waals surface area contributed by atoms with Gasteiger partial charge in [0.05, 0.1) is 10.8 Å². The van der Waals surface area contributed by atoms with Crippen molar-refractivity contribution in [1.29, 1.82) is 0 Å². The Labute approximate surface area is 76.6 Å². The number of nitrogens with zero attached hydrogens (tertiary/aromatic N) is 1. The van der Waals surface area contributed by atoms with Crippen LogP contribution in [0.4, 0.5) is 0 Å². The summed E-state index contributed by atoms with van der Waals surface area (Å²) in [6.07, 6.45) is 0. The third kappa shape index (κ3) is 0.525. The van der Waals surface area contributed by atoms with Gasteiger partial charge < -0.3 is 20.4 Å². The summed E-state index contributed by atoms with van der Waals surface area (Å²) in [6, 6.07) is 1.31. The maximum atomic E-state index is 9.52. The zero-order valence-electron chi connectivity index (χ0n) is 6.81. The molecule has 5 N–H and O–H groups in total. The third-order valence-corrected chi connectivity index (χ3v) is 2.38. The molecule has 0 spiro atoms. The Balaban J connectivity index is 2.73. The zero-order chi connectivity index (χ0) is 10.0. The van der Waals surface area contributed by atoms with Crippen molar-refractivity contribution < 1.29 is 20.4 Å². The van der Waals surface area contributed by atoms with E-state index in [1.807, 2.05) is 0 Å². The highest BCUT2D eigenvalue weighted by Gasteiger charge is 2.24. The number of hydrogen-bond donors (Lipinski definition) is 5. The molecule has 0 unspecified atom stereocenters. The van der Waals surface area contributed by atoms with Gasteiger partial charge in [-0.05, 0) is 0 Å². The highest BCUT2D eigenvalue weighted by Crippen LogP contribution is 2.46. The van der Waals surface area contributed by atoms with E-state index in [2.05, 4.69) is 4.98 Å². The summed E-state index contributed by atoms with van der Waals surface area (Å²) >= 11 is 0. The van der Waals surface area contributed by atoms with E-state index in [0.717, 1.165) is 4.40 Å². The van der Waals surface area contributed by atoms with Crippen LogP contribution in [0.1, 0.15) is 0 Å². The van der Waals surface area contributed by atoms with E-state index in [-0.39, 0.29) is 29.0 Å². The molecule has 0 saturated carbocycles. The summed E-state index contributed by atoms with van der Waals surface area (Å²) in [5, 5.41) is 38.2. The fourth-order valence-electron chi connectivity index (χ4n) is 1.83. The lowest BCUT2D eigenvalue weighted by Gasteiger charge is -1.93. The second-order valence-corrected chi connectivity index (χ2v) is 3.12. The number of fused-ring (bicyclic) bond motifs is 5. The highest BCUT2D eigenvalue weighted by molar-refractivity contribution is 6.09. The predicted molar refractivity (Wildman–Crippen MR) is 47.1 cm³/mol. The fraction of sp³-hybridized carbons (Fsp3) is 0. The van der Waals surface area contributed by atoms with Crippen molar-refractivity contribution in [2.45, 2.75) is 0 Å². The van der Waals surface area contributed by atoms with Gasteiger partial charge in [0.2, 0.25) is 17.6 Å². The molecule has 3 aromatic rings. The average Bonchev–Trinajstić information content (AvgIpc) is 2.64. The Hall–Kier alpha value is -2.24. The van der Waals surface area contributed by atoms with Gasteiger partial charge in [0, 0.05) is 6.07 Å². The number of pyridine rings is 1. The zero-order valence-corrected chi connectivity index (χ0v) is 6.81. The molecule has 3 heterocycles. The van der Waals surface area contributed by atoms with Crippen molar-refractivity contribution in [3.63, 3.8) is 0 Å². The molecular formula is C8H6N2O4. The molecule has 0 aromatic carbocycles. The highest BCUT2D eigenvalue weighted by atomic mass is 16.3. The number of hydrogen-bond acceptors (Lipinski definition) is 4. The van der Waals surface area contributed by atoms with Crippen molar-refractivity contribution in [3.8, 4) is 23.5 Å². The van der Waals surface area contributed by atoms with Crippen molar-refractivity contribution in [3.05, 3.63) is 6.07 Å². The molecule has 6 nitrogen and oxygen atoms in total. The van der Waals surface area contributed by atoms with E-state index in [1.54, 1.807) is 0 Å². The summed E-state index contributed by atoms with van der Waals surface area (Å²) < 4.78 is 1.05. The first-order valence-electron chi connectivity index (χ1n) is 3.89. The summed E-state index contributed by atoms with van der Waals surface area (Å²) in [5.41, 5.74) is 0.176. The maximum Gasteiger partial charge on any atom is 0.217 e. The molecule has 0 amide bonds. The second kappa shape index (κ2) is 1.82. The van der Waals surface area contributed by atoms with Crippen LogP contribution in [0, 0.1) is 0 Å². The van der Waals surface area contributed by atoms with Crippen molar-refractivity contribution in [2.24, 2.45) is 0 Å². The molecule has 0 atom stereocenters. The summed E-state index contributed by atoms with van der Waals surface area (Å²) in [4.78, 5) is 2.30. The van der Waals surface area contributed by atoms with Crippen LogP contribution in [0.5, 0.6) is 23.5 Å². The first kappa shape index (κ1) is 7.19. The number of aromatic nitrogens is 2. The number of nitrogens with one attached hydrogen (secondary N) is 1. The van der Waals surface area contributed by atoms with Crippen LogP contribution >= 0.6 is 0 Å². The molecule has 3 rings (SSSR count). The Kier molecular flexibility index (Phi) is 0.933. The number of H-pyrrole nitrogens is 1. The van der Waals surface area contributed by atoms with Gasteiger partial charge in [0.1, 0.15) is 5.52 Å². The van der Waals surface area contributed by atoms with Crippen LogP contribution in [-0.2, 0) is 0 Å². The van der Waals surface area contributed by atoms with E-state index in [0.29, 0.717) is 10.8 Å². The molecule has 72 valence electrons. The van der Waals surface area contributed by atoms with E-state index in [4.69, 9.17) is 0 Å². The van der Waals surface area contributed by atoms with E-state index in [9.17, 15) is 20.4 Å². The molecule has 6 heteroatoms. The van der Waals surface area contributed by atoms with Gasteiger partial charge in [-0.2, -0.15) is 0 Å². The maximum absolute atomic E-state index is 9.52. The van der Waals surface area contributed by atoms with Gasteiger partial charge >= 0.3 is 0 Å². The van der Waals surface area contributed by atoms with Gasteiger partial charge in [-0.15, -0.1) is 0 Å². The van der Waals surface area contributed by atoms with Crippen LogP contribution < -0.4 is 0 Å². The average molecular weight is 194 g/mol.